The molecule has 2 aliphatic rings. The molecular formula is C114H44N2O3S. The second kappa shape index (κ2) is 56.7. The Bertz CT molecular complexity index is 7590. The highest BCUT2D eigenvalue weighted by atomic mass is 32.2. The maximum atomic E-state index is 11.2. The first-order valence-electron chi connectivity index (χ1n) is 34.3. The van der Waals surface area contributed by atoms with Crippen LogP contribution in [0, 0.1) is 439 Å². The van der Waals surface area contributed by atoms with Crippen LogP contribution < -0.4 is 4.90 Å². The van der Waals surface area contributed by atoms with Crippen LogP contribution in [0.4, 0.5) is 11.4 Å². The van der Waals surface area contributed by atoms with Gasteiger partial charge in [0.05, 0.1) is 15.5 Å². The van der Waals surface area contributed by atoms with E-state index in [1.165, 1.54) is 44.1 Å². The molecule has 0 saturated heterocycles. The Kier molecular flexibility index (Phi) is 42.5. The Morgan fingerprint density at radius 2 is 0.583 bits per heavy atom. The van der Waals surface area contributed by atoms with E-state index in [0.29, 0.717) is 19.4 Å². The van der Waals surface area contributed by atoms with Gasteiger partial charge in [0, 0.05) is 378 Å². The lowest BCUT2D eigenvalue weighted by Gasteiger charge is -2.27. The zero-order chi connectivity index (χ0) is 85.6. The van der Waals surface area contributed by atoms with E-state index in [-0.39, 0.29) is 16.6 Å². The molecular weight excluding hydrogens is 1480 g/mol. The summed E-state index contributed by atoms with van der Waals surface area (Å²) in [5.74, 6) is 178. The molecule has 534 valence electrons. The van der Waals surface area contributed by atoms with E-state index in [1.807, 2.05) is 12.2 Å². The molecule has 6 heteroatoms. The second-order valence-corrected chi connectivity index (χ2v) is 23.9. The van der Waals surface area contributed by atoms with Gasteiger partial charge in [0.15, 0.2) is 5.71 Å². The van der Waals surface area contributed by atoms with Crippen molar-refractivity contribution in [2.24, 2.45) is 0 Å². The van der Waals surface area contributed by atoms with Gasteiger partial charge < -0.3 is 9.45 Å². The highest BCUT2D eigenvalue weighted by molar-refractivity contribution is 7.85. The predicted octanol–water partition coefficient (Wildman–Crippen LogP) is 9.05. The summed E-state index contributed by atoms with van der Waals surface area (Å²) in [5, 5.41) is 4.99. The minimum Gasteiger partial charge on any atom is -0.748 e. The van der Waals surface area contributed by atoms with E-state index >= 15 is 0 Å². The summed E-state index contributed by atoms with van der Waals surface area (Å²) in [4.78, 5) is 2.29. The number of hydrogen-bond donors (Lipinski definition) is 0. The molecule has 0 spiro atoms. The molecule has 4 aromatic rings. The molecule has 0 fully saturated rings. The Labute approximate surface area is 708 Å². The molecule has 0 unspecified atom stereocenters. The minimum absolute atomic E-state index is 0.121. The van der Waals surface area contributed by atoms with E-state index in [1.54, 1.807) is 0 Å². The molecule has 2 heterocycles. The van der Waals surface area contributed by atoms with Crippen LogP contribution in [0.1, 0.15) is 51.7 Å². The largest absolute Gasteiger partial charge is 0.748 e. The number of rotatable bonds is 9. The smallest absolute Gasteiger partial charge is 0.210 e. The molecule has 2 aliphatic heterocycles. The average molecular weight is 1520 g/mol. The standard InChI is InChI=1S/C74H2.C40H42N2O3S/c1-3-5-7-9-11-13-15-17-19-21-23-25-27-29-31-33-35-37-39-41-43-45-47-49-51-53-55-57-59-61-63-65-67-69-71-73-74-72-70-68-66-64-62-60-58-56-54-52-50-48-46-44-42-40-38-36-34-32-30-28-26-24-22-20-18-16-14-12-10-8-6-4-2;1-39(2)35(41(5)33-25-23-29-17-11-13-19-31(29)37(33)39)21-9-7-6-8-10-22-36-40(3,4)38-32-20-14-12-18-30(32)24-26-34(38)42(36)27-15-16-28-46(43,44)45/h1-2H;6-14,17-26H,15-16,27-28H2,1-5H3. The highest BCUT2D eigenvalue weighted by Crippen LogP contribution is 2.51. The van der Waals surface area contributed by atoms with Gasteiger partial charge in [-0.1, -0.05) is 98.8 Å². The summed E-state index contributed by atoms with van der Waals surface area (Å²) >= 11 is 0. The molecule has 0 radical (unpaired) electrons. The Morgan fingerprint density at radius 1 is 0.325 bits per heavy atom. The van der Waals surface area contributed by atoms with Gasteiger partial charge in [0.2, 0.25) is 5.69 Å². The zero-order valence-corrected chi connectivity index (χ0v) is 65.3. The summed E-state index contributed by atoms with van der Waals surface area (Å²) in [6.07, 6.45) is 25.6. The Balaban J connectivity index is 0.000000470. The molecule has 6 rings (SSSR count). The number of allylic oxidation sites excluding steroid dienone is 8. The van der Waals surface area contributed by atoms with Crippen molar-refractivity contribution < 1.29 is 17.5 Å². The average Bonchev–Trinajstić information content (AvgIpc) is 1.58. The summed E-state index contributed by atoms with van der Waals surface area (Å²) in [6, 6.07) is 25.8. The fourth-order valence-corrected chi connectivity index (χ4v) is 10.3. The van der Waals surface area contributed by atoms with Crippen LogP contribution in [-0.4, -0.2) is 42.6 Å². The molecule has 5 nitrogen and oxygen atoms in total. The number of terminal acetylenes is 2. The third-order valence-electron chi connectivity index (χ3n) is 14.1. The van der Waals surface area contributed by atoms with Crippen molar-refractivity contribution in [2.75, 3.05) is 24.2 Å². The molecule has 0 bridgehead atoms. The second-order valence-electron chi connectivity index (χ2n) is 22.4. The minimum atomic E-state index is -4.22. The summed E-state index contributed by atoms with van der Waals surface area (Å²) in [5.41, 5.74) is 7.07. The number of hydrogen-bond acceptors (Lipinski definition) is 4. The quantitative estimate of drug-likeness (QED) is 0.0553. The van der Waals surface area contributed by atoms with Crippen LogP contribution in [-0.2, 0) is 20.9 Å². The third kappa shape index (κ3) is 37.0. The van der Waals surface area contributed by atoms with Crippen LogP contribution in [0.25, 0.3) is 21.5 Å². The lowest BCUT2D eigenvalue weighted by atomic mass is 9.79. The number of anilines is 1. The SMILES string of the molecule is C#CC#CC#CC#CC#CC#CC#CC#CC#CC#CC#CC#CC#CC#CC#CC#CC#CC#CC#CC#CC#CC#CC#CC#CC#CC#CC#CC#CC#CC#CC#CC#CC#CC#CC#CC#CC#C.C[N+]1=C(C=CC=CC=CC=C2N(CCCCS(=O)(=O)[O-])c3ccc4ccccc4c3C2(C)C)C(C)(C)c2c1ccc1ccccc21. The van der Waals surface area contributed by atoms with Crippen molar-refractivity contribution in [1.82, 2.24) is 0 Å². The van der Waals surface area contributed by atoms with Crippen LogP contribution in [0.5, 0.6) is 0 Å². The first-order valence-corrected chi connectivity index (χ1v) is 35.9. The number of nitrogens with zero attached hydrogens (tertiary/aromatic N) is 2. The van der Waals surface area contributed by atoms with Crippen molar-refractivity contribution in [3.05, 3.63) is 132 Å². The molecule has 0 N–H and O–H groups in total. The third-order valence-corrected chi connectivity index (χ3v) is 14.9. The van der Waals surface area contributed by atoms with Crippen LogP contribution in [0.2, 0.25) is 0 Å². The van der Waals surface area contributed by atoms with Gasteiger partial charge >= 0.3 is 0 Å². The van der Waals surface area contributed by atoms with E-state index in [2.05, 4.69) is 574 Å². The van der Waals surface area contributed by atoms with Crippen LogP contribution in [0.3, 0.4) is 0 Å². The number of unbranched alkanes of at least 4 members (excludes halogenated alkanes) is 1. The molecule has 0 saturated carbocycles. The lowest BCUT2D eigenvalue weighted by Crippen LogP contribution is -2.27. The van der Waals surface area contributed by atoms with Gasteiger partial charge in [-0.3, -0.25) is 0 Å². The summed E-state index contributed by atoms with van der Waals surface area (Å²) in [6.45, 7) is 9.73. The molecule has 120 heavy (non-hydrogen) atoms. The lowest BCUT2D eigenvalue weighted by molar-refractivity contribution is -0.401. The molecule has 0 atom stereocenters. The highest BCUT2D eigenvalue weighted by Gasteiger charge is 2.44. The summed E-state index contributed by atoms with van der Waals surface area (Å²) in [7, 11) is -2.07. The normalized spacial score (nSPS) is 9.43. The van der Waals surface area contributed by atoms with Crippen LogP contribution in [0.15, 0.2) is 121 Å². The fraction of sp³-hybridized carbons (Fsp3) is 0.0965. The van der Waals surface area contributed by atoms with E-state index < -0.39 is 10.1 Å². The van der Waals surface area contributed by atoms with Gasteiger partial charge in [-0.05, 0) is 167 Å². The first-order chi connectivity index (χ1) is 58.8. The fourth-order valence-electron chi connectivity index (χ4n) is 9.70. The van der Waals surface area contributed by atoms with E-state index in [9.17, 15) is 13.0 Å². The van der Waals surface area contributed by atoms with E-state index in [4.69, 9.17) is 12.8 Å². The Morgan fingerprint density at radius 3 is 0.875 bits per heavy atom. The number of benzene rings is 4. The topological polar surface area (TPSA) is 63.5 Å². The maximum absolute atomic E-state index is 11.2. The Hall–Kier alpha value is -20.5. The molecule has 0 aromatic heterocycles. The first kappa shape index (κ1) is 90.1. The maximum Gasteiger partial charge on any atom is 0.210 e. The summed E-state index contributed by atoms with van der Waals surface area (Å²) < 4.78 is 35.9. The molecule has 4 aromatic carbocycles. The van der Waals surface area contributed by atoms with E-state index in [0.717, 1.165) is 11.4 Å². The molecule has 0 amide bonds. The van der Waals surface area contributed by atoms with Crippen molar-refractivity contribution in [3.8, 4) is 439 Å². The predicted molar refractivity (Wildman–Crippen MR) is 481 cm³/mol. The van der Waals surface area contributed by atoms with Crippen LogP contribution >= 0.6 is 0 Å². The zero-order valence-electron chi connectivity index (χ0n) is 64.5. The van der Waals surface area contributed by atoms with Gasteiger partial charge in [-0.25, -0.2) is 8.42 Å². The van der Waals surface area contributed by atoms with Crippen molar-refractivity contribution in [1.29, 1.82) is 0 Å². The number of fused-ring (bicyclic) bond motifs is 6. The van der Waals surface area contributed by atoms with Crippen molar-refractivity contribution in [3.63, 3.8) is 0 Å². The van der Waals surface area contributed by atoms with Gasteiger partial charge in [0.25, 0.3) is 0 Å². The molecule has 0 aliphatic carbocycles. The van der Waals surface area contributed by atoms with Gasteiger partial charge in [-0.15, -0.1) is 12.8 Å². The van der Waals surface area contributed by atoms with Gasteiger partial charge in [-0.2, -0.15) is 4.58 Å². The van der Waals surface area contributed by atoms with Gasteiger partial charge in [0.1, 0.15) is 7.05 Å². The van der Waals surface area contributed by atoms with Crippen molar-refractivity contribution >= 4 is 48.7 Å². The van der Waals surface area contributed by atoms with Crippen molar-refractivity contribution in [2.45, 2.75) is 51.4 Å². The monoisotopic (exact) mass is 1520 g/mol.